The summed E-state index contributed by atoms with van der Waals surface area (Å²) in [4.78, 5) is 0. The molecule has 1 N–H and O–H groups in total. The van der Waals surface area contributed by atoms with Crippen LogP contribution in [0.5, 0.6) is 5.75 Å². The summed E-state index contributed by atoms with van der Waals surface area (Å²) in [6.07, 6.45) is 5.30. The molecule has 2 heteroatoms. The van der Waals surface area contributed by atoms with Crippen molar-refractivity contribution in [3.8, 4) is 18.1 Å². The average molecular weight is 245 g/mol. The number of nitrogens with one attached hydrogen (secondary N) is 1. The van der Waals surface area contributed by atoms with E-state index in [1.165, 1.54) is 11.1 Å². The Morgan fingerprint density at radius 1 is 1.33 bits per heavy atom. The molecule has 0 bridgehead atoms. The first-order valence-electron chi connectivity index (χ1n) is 6.46. The molecule has 0 aromatic heterocycles. The van der Waals surface area contributed by atoms with Gasteiger partial charge in [0.15, 0.2) is 0 Å². The lowest BCUT2D eigenvalue weighted by Crippen LogP contribution is -2.29. The van der Waals surface area contributed by atoms with Gasteiger partial charge in [0, 0.05) is 6.54 Å². The fourth-order valence-corrected chi connectivity index (χ4v) is 1.71. The summed E-state index contributed by atoms with van der Waals surface area (Å²) in [6, 6.07) is 6.41. The molecule has 0 aliphatic heterocycles. The van der Waals surface area contributed by atoms with Gasteiger partial charge < -0.3 is 10.1 Å². The van der Waals surface area contributed by atoms with Crippen molar-refractivity contribution >= 4 is 0 Å². The average Bonchev–Trinajstić information content (AvgIpc) is 2.32. The quantitative estimate of drug-likeness (QED) is 0.614. The Kier molecular flexibility index (Phi) is 5.74. The molecule has 0 fully saturated rings. The molecule has 0 aliphatic carbocycles. The lowest BCUT2D eigenvalue weighted by atomic mass is 10.0. The second-order valence-corrected chi connectivity index (χ2v) is 4.94. The number of hydrogen-bond donors (Lipinski definition) is 1. The van der Waals surface area contributed by atoms with Crippen molar-refractivity contribution in [3.63, 3.8) is 0 Å². The lowest BCUT2D eigenvalue weighted by Gasteiger charge is -2.18. The molecule has 1 aromatic rings. The Morgan fingerprint density at radius 3 is 2.67 bits per heavy atom. The van der Waals surface area contributed by atoms with E-state index in [0.717, 1.165) is 12.3 Å². The van der Waals surface area contributed by atoms with E-state index >= 15 is 0 Å². The van der Waals surface area contributed by atoms with Crippen molar-refractivity contribution in [3.05, 3.63) is 29.3 Å². The fraction of sp³-hybridized carbons (Fsp3) is 0.500. The Hall–Kier alpha value is -1.46. The van der Waals surface area contributed by atoms with Gasteiger partial charge in [0.05, 0.1) is 6.54 Å². The molecule has 18 heavy (non-hydrogen) atoms. The lowest BCUT2D eigenvalue weighted by molar-refractivity contribution is 0.217. The molecule has 0 amide bonds. The molecule has 1 aromatic carbocycles. The van der Waals surface area contributed by atoms with Gasteiger partial charge >= 0.3 is 0 Å². The summed E-state index contributed by atoms with van der Waals surface area (Å²) >= 11 is 0. The zero-order valence-corrected chi connectivity index (χ0v) is 11.8. The van der Waals surface area contributed by atoms with Crippen molar-refractivity contribution < 1.29 is 4.74 Å². The van der Waals surface area contributed by atoms with Crippen molar-refractivity contribution in [2.75, 3.05) is 13.1 Å². The third-order valence-corrected chi connectivity index (χ3v) is 2.87. The van der Waals surface area contributed by atoms with Gasteiger partial charge in [-0.3, -0.25) is 0 Å². The van der Waals surface area contributed by atoms with Crippen LogP contribution in [0.1, 0.15) is 37.8 Å². The number of terminal acetylenes is 1. The standard InChI is InChI=1S/C16H23NO/c1-6-9-17-11-14(5)18-16-10-15(12(2)3)8-7-13(16)4/h1,7-8,10,12,14,17H,9,11H2,2-5H3. The second-order valence-electron chi connectivity index (χ2n) is 4.94. The van der Waals surface area contributed by atoms with Crippen molar-refractivity contribution in [1.82, 2.24) is 5.32 Å². The first kappa shape index (κ1) is 14.6. The molecule has 1 unspecified atom stereocenters. The van der Waals surface area contributed by atoms with Crippen LogP contribution in [0.3, 0.4) is 0 Å². The molecule has 0 aliphatic rings. The third kappa shape index (κ3) is 4.43. The summed E-state index contributed by atoms with van der Waals surface area (Å²) < 4.78 is 5.95. The van der Waals surface area contributed by atoms with E-state index in [9.17, 15) is 0 Å². The highest BCUT2D eigenvalue weighted by atomic mass is 16.5. The summed E-state index contributed by atoms with van der Waals surface area (Å²) in [5, 5.41) is 3.15. The fourth-order valence-electron chi connectivity index (χ4n) is 1.71. The van der Waals surface area contributed by atoms with E-state index in [2.05, 4.69) is 50.2 Å². The van der Waals surface area contributed by atoms with Crippen molar-refractivity contribution in [2.24, 2.45) is 0 Å². The summed E-state index contributed by atoms with van der Waals surface area (Å²) in [6.45, 7) is 9.83. The maximum absolute atomic E-state index is 5.95. The van der Waals surface area contributed by atoms with Gasteiger partial charge in [-0.1, -0.05) is 31.9 Å². The molecule has 0 spiro atoms. The minimum Gasteiger partial charge on any atom is -0.489 e. The van der Waals surface area contributed by atoms with E-state index in [-0.39, 0.29) is 6.10 Å². The molecular formula is C16H23NO. The van der Waals surface area contributed by atoms with Gasteiger partial charge in [0.25, 0.3) is 0 Å². The maximum Gasteiger partial charge on any atom is 0.122 e. The van der Waals surface area contributed by atoms with Gasteiger partial charge in [-0.25, -0.2) is 0 Å². The van der Waals surface area contributed by atoms with Crippen molar-refractivity contribution in [2.45, 2.75) is 39.7 Å². The number of aryl methyl sites for hydroxylation is 1. The predicted octanol–water partition coefficient (Wildman–Crippen LogP) is 3.11. The monoisotopic (exact) mass is 245 g/mol. The van der Waals surface area contributed by atoms with Crippen LogP contribution in [0.15, 0.2) is 18.2 Å². The SMILES string of the molecule is C#CCNCC(C)Oc1cc(C(C)C)ccc1C. The molecule has 0 saturated carbocycles. The molecule has 0 saturated heterocycles. The second kappa shape index (κ2) is 7.08. The number of benzene rings is 1. The smallest absolute Gasteiger partial charge is 0.122 e. The largest absolute Gasteiger partial charge is 0.489 e. The van der Waals surface area contributed by atoms with Crippen LogP contribution in [0, 0.1) is 19.3 Å². The first-order chi connectivity index (χ1) is 8.54. The topological polar surface area (TPSA) is 21.3 Å². The highest BCUT2D eigenvalue weighted by Crippen LogP contribution is 2.24. The minimum atomic E-state index is 0.111. The van der Waals surface area contributed by atoms with Gasteiger partial charge in [0.1, 0.15) is 11.9 Å². The first-order valence-corrected chi connectivity index (χ1v) is 6.46. The van der Waals surface area contributed by atoms with Crippen LogP contribution >= 0.6 is 0 Å². The van der Waals surface area contributed by atoms with Gasteiger partial charge in [-0.2, -0.15) is 0 Å². The Bertz CT molecular complexity index is 418. The van der Waals surface area contributed by atoms with Crippen LogP contribution in [0.2, 0.25) is 0 Å². The van der Waals surface area contributed by atoms with Crippen LogP contribution in [-0.2, 0) is 0 Å². The van der Waals surface area contributed by atoms with Gasteiger partial charge in [-0.05, 0) is 37.0 Å². The molecule has 1 atom stereocenters. The molecule has 98 valence electrons. The van der Waals surface area contributed by atoms with Crippen LogP contribution < -0.4 is 10.1 Å². The van der Waals surface area contributed by atoms with Crippen LogP contribution in [0.4, 0.5) is 0 Å². The number of rotatable bonds is 6. The van der Waals surface area contributed by atoms with Crippen LogP contribution in [-0.4, -0.2) is 19.2 Å². The van der Waals surface area contributed by atoms with E-state index in [0.29, 0.717) is 12.5 Å². The molecule has 0 radical (unpaired) electrons. The summed E-state index contributed by atoms with van der Waals surface area (Å²) in [7, 11) is 0. The highest BCUT2D eigenvalue weighted by molar-refractivity contribution is 5.37. The molecule has 0 heterocycles. The van der Waals surface area contributed by atoms with Crippen LogP contribution in [0.25, 0.3) is 0 Å². The normalized spacial score (nSPS) is 12.2. The molecule has 1 rings (SSSR count). The predicted molar refractivity (Wildman–Crippen MR) is 77.1 cm³/mol. The van der Waals surface area contributed by atoms with E-state index in [1.54, 1.807) is 0 Å². The Labute approximate surface area is 111 Å². The Balaban J connectivity index is 2.65. The van der Waals surface area contributed by atoms with E-state index < -0.39 is 0 Å². The number of hydrogen-bond acceptors (Lipinski definition) is 2. The minimum absolute atomic E-state index is 0.111. The van der Waals surface area contributed by atoms with Crippen molar-refractivity contribution in [1.29, 1.82) is 0 Å². The zero-order chi connectivity index (χ0) is 13.5. The third-order valence-electron chi connectivity index (χ3n) is 2.87. The molecular weight excluding hydrogens is 222 g/mol. The number of ether oxygens (including phenoxy) is 1. The zero-order valence-electron chi connectivity index (χ0n) is 11.8. The van der Waals surface area contributed by atoms with E-state index in [4.69, 9.17) is 11.2 Å². The van der Waals surface area contributed by atoms with E-state index in [1.807, 2.05) is 6.92 Å². The summed E-state index contributed by atoms with van der Waals surface area (Å²) in [5.41, 5.74) is 2.47. The highest BCUT2D eigenvalue weighted by Gasteiger charge is 2.08. The summed E-state index contributed by atoms with van der Waals surface area (Å²) in [5.74, 6) is 4.04. The Morgan fingerprint density at radius 2 is 2.06 bits per heavy atom. The van der Waals surface area contributed by atoms with Gasteiger partial charge in [0.2, 0.25) is 0 Å². The van der Waals surface area contributed by atoms with Gasteiger partial charge in [-0.15, -0.1) is 6.42 Å². The molecule has 2 nitrogen and oxygen atoms in total. The maximum atomic E-state index is 5.95.